The third-order valence-electron chi connectivity index (χ3n) is 3.71. The van der Waals surface area contributed by atoms with Gasteiger partial charge in [0.1, 0.15) is 0 Å². The van der Waals surface area contributed by atoms with E-state index in [1.165, 1.54) is 16.7 Å². The molecule has 2 rings (SSSR count). The lowest BCUT2D eigenvalue weighted by atomic mass is 9.98. The van der Waals surface area contributed by atoms with Crippen LogP contribution in [-0.2, 0) is 12.8 Å². The van der Waals surface area contributed by atoms with Crippen molar-refractivity contribution in [2.75, 3.05) is 7.05 Å². The number of benzene rings is 2. The molecule has 2 aromatic carbocycles. The summed E-state index contributed by atoms with van der Waals surface area (Å²) in [6.07, 6.45) is 3.18. The van der Waals surface area contributed by atoms with Gasteiger partial charge in [-0.25, -0.2) is 0 Å². The third-order valence-corrected chi connectivity index (χ3v) is 4.06. The van der Waals surface area contributed by atoms with Gasteiger partial charge in [-0.15, -0.1) is 0 Å². The third kappa shape index (κ3) is 4.36. The van der Waals surface area contributed by atoms with Crippen LogP contribution < -0.4 is 5.32 Å². The molecule has 1 nitrogen and oxygen atoms in total. The molecule has 2 heteroatoms. The van der Waals surface area contributed by atoms with Crippen LogP contribution in [0.4, 0.5) is 0 Å². The van der Waals surface area contributed by atoms with Gasteiger partial charge in [0.25, 0.3) is 0 Å². The highest BCUT2D eigenvalue weighted by atomic mass is 35.5. The molecule has 0 aliphatic carbocycles. The Bertz CT molecular complexity index is 536. The largest absolute Gasteiger partial charge is 0.317 e. The average Bonchev–Trinajstić information content (AvgIpc) is 2.46. The van der Waals surface area contributed by atoms with Crippen LogP contribution >= 0.6 is 11.6 Å². The molecule has 0 aliphatic heterocycles. The number of rotatable bonds is 6. The second-order valence-corrected chi connectivity index (χ2v) is 5.72. The highest BCUT2D eigenvalue weighted by Crippen LogP contribution is 2.20. The number of aryl methyl sites for hydroxylation is 2. The van der Waals surface area contributed by atoms with Crippen molar-refractivity contribution < 1.29 is 0 Å². The highest BCUT2D eigenvalue weighted by molar-refractivity contribution is 6.31. The second kappa shape index (κ2) is 7.47. The van der Waals surface area contributed by atoms with Crippen molar-refractivity contribution in [2.45, 2.75) is 32.2 Å². The Labute approximate surface area is 127 Å². The van der Waals surface area contributed by atoms with Crippen LogP contribution in [0, 0.1) is 6.92 Å². The van der Waals surface area contributed by atoms with Gasteiger partial charge >= 0.3 is 0 Å². The molecule has 0 aliphatic rings. The van der Waals surface area contributed by atoms with Crippen molar-refractivity contribution in [3.8, 4) is 0 Å². The molecule has 0 spiro atoms. The van der Waals surface area contributed by atoms with E-state index in [1.54, 1.807) is 0 Å². The van der Waals surface area contributed by atoms with Gasteiger partial charge in [0.2, 0.25) is 0 Å². The number of hydrogen-bond donors (Lipinski definition) is 1. The molecule has 20 heavy (non-hydrogen) atoms. The van der Waals surface area contributed by atoms with Gasteiger partial charge < -0.3 is 5.32 Å². The van der Waals surface area contributed by atoms with E-state index >= 15 is 0 Å². The molecule has 0 saturated heterocycles. The van der Waals surface area contributed by atoms with Crippen LogP contribution in [0.2, 0.25) is 5.02 Å². The fraction of sp³-hybridized carbons (Fsp3) is 0.333. The normalized spacial score (nSPS) is 12.3. The molecular weight excluding hydrogens is 266 g/mol. The molecule has 1 N–H and O–H groups in total. The van der Waals surface area contributed by atoms with Gasteiger partial charge in [-0.2, -0.15) is 0 Å². The first-order chi connectivity index (χ1) is 9.69. The highest BCUT2D eigenvalue weighted by Gasteiger charge is 2.10. The summed E-state index contributed by atoms with van der Waals surface area (Å²) in [6.45, 7) is 2.07. The van der Waals surface area contributed by atoms with E-state index in [0.717, 1.165) is 24.3 Å². The zero-order valence-corrected chi connectivity index (χ0v) is 13.0. The number of halogens is 1. The minimum absolute atomic E-state index is 0.454. The maximum absolute atomic E-state index is 6.32. The number of likely N-dealkylation sites (N-methyl/N-ethyl adjacent to an activating group) is 1. The Morgan fingerprint density at radius 1 is 1.10 bits per heavy atom. The molecule has 0 radical (unpaired) electrons. The summed E-state index contributed by atoms with van der Waals surface area (Å²) in [5.74, 6) is 0. The van der Waals surface area contributed by atoms with Gasteiger partial charge in [0.05, 0.1) is 0 Å². The van der Waals surface area contributed by atoms with E-state index in [9.17, 15) is 0 Å². The van der Waals surface area contributed by atoms with Crippen molar-refractivity contribution in [3.63, 3.8) is 0 Å². The quantitative estimate of drug-likeness (QED) is 0.830. The molecule has 0 heterocycles. The SMILES string of the molecule is CNC(CCc1ccccc1)Cc1ccc(C)cc1Cl. The van der Waals surface area contributed by atoms with E-state index in [-0.39, 0.29) is 0 Å². The Balaban J connectivity index is 1.95. The first kappa shape index (κ1) is 15.1. The van der Waals surface area contributed by atoms with Crippen LogP contribution in [-0.4, -0.2) is 13.1 Å². The van der Waals surface area contributed by atoms with Crippen LogP contribution in [0.5, 0.6) is 0 Å². The fourth-order valence-corrected chi connectivity index (χ4v) is 2.73. The van der Waals surface area contributed by atoms with E-state index in [4.69, 9.17) is 11.6 Å². The van der Waals surface area contributed by atoms with Gasteiger partial charge in [-0.1, -0.05) is 54.1 Å². The zero-order chi connectivity index (χ0) is 14.4. The lowest BCUT2D eigenvalue weighted by Gasteiger charge is -2.17. The number of hydrogen-bond acceptors (Lipinski definition) is 1. The van der Waals surface area contributed by atoms with E-state index in [1.807, 2.05) is 13.1 Å². The van der Waals surface area contributed by atoms with E-state index in [2.05, 4.69) is 54.7 Å². The summed E-state index contributed by atoms with van der Waals surface area (Å²) in [5.41, 5.74) is 3.83. The van der Waals surface area contributed by atoms with Crippen molar-refractivity contribution in [1.29, 1.82) is 0 Å². The predicted molar refractivity (Wildman–Crippen MR) is 87.5 cm³/mol. The summed E-state index contributed by atoms with van der Waals surface area (Å²) in [7, 11) is 2.03. The smallest absolute Gasteiger partial charge is 0.0441 e. The summed E-state index contributed by atoms with van der Waals surface area (Å²) in [4.78, 5) is 0. The fourth-order valence-electron chi connectivity index (χ4n) is 2.42. The number of nitrogens with one attached hydrogen (secondary N) is 1. The lowest BCUT2D eigenvalue weighted by Crippen LogP contribution is -2.28. The minimum Gasteiger partial charge on any atom is -0.317 e. The standard InChI is InChI=1S/C18H22ClN/c1-14-8-10-16(18(19)12-14)13-17(20-2)11-9-15-6-4-3-5-7-15/h3-8,10,12,17,20H,9,11,13H2,1-2H3. The average molecular weight is 288 g/mol. The van der Waals surface area contributed by atoms with Crippen molar-refractivity contribution in [2.24, 2.45) is 0 Å². The van der Waals surface area contributed by atoms with Crippen molar-refractivity contribution >= 4 is 11.6 Å². The van der Waals surface area contributed by atoms with Crippen molar-refractivity contribution in [3.05, 3.63) is 70.2 Å². The summed E-state index contributed by atoms with van der Waals surface area (Å²) in [6, 6.07) is 17.4. The first-order valence-electron chi connectivity index (χ1n) is 7.15. The van der Waals surface area contributed by atoms with Crippen LogP contribution in [0.1, 0.15) is 23.1 Å². The molecule has 2 aromatic rings. The molecule has 0 fully saturated rings. The molecule has 1 atom stereocenters. The molecule has 0 bridgehead atoms. The topological polar surface area (TPSA) is 12.0 Å². The Morgan fingerprint density at radius 2 is 1.85 bits per heavy atom. The second-order valence-electron chi connectivity index (χ2n) is 5.31. The van der Waals surface area contributed by atoms with Gasteiger partial charge in [0, 0.05) is 11.1 Å². The Hall–Kier alpha value is -1.31. The first-order valence-corrected chi connectivity index (χ1v) is 7.53. The van der Waals surface area contributed by atoms with E-state index < -0.39 is 0 Å². The summed E-state index contributed by atoms with van der Waals surface area (Å²) < 4.78 is 0. The van der Waals surface area contributed by atoms with Crippen LogP contribution in [0.3, 0.4) is 0 Å². The van der Waals surface area contributed by atoms with Crippen LogP contribution in [0.25, 0.3) is 0 Å². The molecule has 0 amide bonds. The summed E-state index contributed by atoms with van der Waals surface area (Å²) >= 11 is 6.32. The molecule has 1 unspecified atom stereocenters. The maximum atomic E-state index is 6.32. The van der Waals surface area contributed by atoms with Gasteiger partial charge in [0.15, 0.2) is 0 Å². The maximum Gasteiger partial charge on any atom is 0.0441 e. The lowest BCUT2D eigenvalue weighted by molar-refractivity contribution is 0.520. The van der Waals surface area contributed by atoms with Crippen molar-refractivity contribution in [1.82, 2.24) is 5.32 Å². The van der Waals surface area contributed by atoms with Gasteiger partial charge in [-0.05, 0) is 56.0 Å². The molecule has 0 aromatic heterocycles. The summed E-state index contributed by atoms with van der Waals surface area (Å²) in [5, 5.41) is 4.28. The van der Waals surface area contributed by atoms with Crippen LogP contribution in [0.15, 0.2) is 48.5 Å². The van der Waals surface area contributed by atoms with E-state index in [0.29, 0.717) is 6.04 Å². The Kier molecular flexibility index (Phi) is 5.63. The predicted octanol–water partition coefficient (Wildman–Crippen LogP) is 4.41. The Morgan fingerprint density at radius 3 is 2.50 bits per heavy atom. The minimum atomic E-state index is 0.454. The molecular formula is C18H22ClN. The monoisotopic (exact) mass is 287 g/mol. The molecule has 0 saturated carbocycles. The zero-order valence-electron chi connectivity index (χ0n) is 12.2. The molecule has 106 valence electrons. The van der Waals surface area contributed by atoms with Gasteiger partial charge in [-0.3, -0.25) is 0 Å².